The van der Waals surface area contributed by atoms with Crippen molar-refractivity contribution < 1.29 is 0 Å². The first-order valence-electron chi connectivity index (χ1n) is 6.97. The van der Waals surface area contributed by atoms with Gasteiger partial charge in [-0.1, -0.05) is 53.0 Å². The van der Waals surface area contributed by atoms with Gasteiger partial charge >= 0.3 is 0 Å². The molecule has 6 heteroatoms. The molecular weight excluding hydrogens is 373 g/mol. The predicted molar refractivity (Wildman–Crippen MR) is 93.3 cm³/mol. The van der Waals surface area contributed by atoms with E-state index in [1.165, 1.54) is 0 Å². The average molecular weight is 391 g/mol. The van der Waals surface area contributed by atoms with Gasteiger partial charge in [-0.2, -0.15) is 5.10 Å². The number of hydrogen-bond acceptors (Lipinski definition) is 2. The molecule has 0 aliphatic carbocycles. The number of nitrogens with one attached hydrogen (secondary N) is 1. The van der Waals surface area contributed by atoms with Crippen LogP contribution in [0.5, 0.6) is 0 Å². The van der Waals surface area contributed by atoms with Crippen molar-refractivity contribution in [3.63, 3.8) is 0 Å². The Kier molecular flexibility index (Phi) is 5.97. The maximum Gasteiger partial charge on any atom is 0.0815 e. The van der Waals surface area contributed by atoms with E-state index in [4.69, 9.17) is 23.2 Å². The lowest BCUT2D eigenvalue weighted by atomic mass is 10.2. The van der Waals surface area contributed by atoms with Gasteiger partial charge in [0, 0.05) is 10.7 Å². The summed E-state index contributed by atoms with van der Waals surface area (Å²) in [5.74, 6) is 0. The van der Waals surface area contributed by atoms with Gasteiger partial charge in [0.15, 0.2) is 0 Å². The first-order valence-corrected chi connectivity index (χ1v) is 8.52. The van der Waals surface area contributed by atoms with Crippen molar-refractivity contribution in [1.82, 2.24) is 9.78 Å². The van der Waals surface area contributed by atoms with Crippen LogP contribution in [-0.2, 0) is 6.54 Å². The quantitative estimate of drug-likeness (QED) is 0.662. The number of aromatic nitrogens is 2. The standard InChI is InChI=1S/C15H18BrCl2N3/c1-3-12(4-2)21-6-5-11(20-21)9-19-15-13(17)7-10(16)8-14(15)18/h5-8,12,19H,3-4,9H2,1-2H3. The lowest BCUT2D eigenvalue weighted by molar-refractivity contribution is 0.426. The third-order valence-electron chi connectivity index (χ3n) is 3.43. The zero-order valence-corrected chi connectivity index (χ0v) is 15.1. The molecule has 2 aromatic rings. The molecular formula is C15H18BrCl2N3. The number of nitrogens with zero attached hydrogens (tertiary/aromatic N) is 2. The summed E-state index contributed by atoms with van der Waals surface area (Å²) in [5, 5.41) is 9.04. The van der Waals surface area contributed by atoms with E-state index in [1.807, 2.05) is 29.1 Å². The van der Waals surface area contributed by atoms with Crippen LogP contribution >= 0.6 is 39.1 Å². The summed E-state index contributed by atoms with van der Waals surface area (Å²) in [4.78, 5) is 0. The van der Waals surface area contributed by atoms with Crippen LogP contribution in [0.3, 0.4) is 0 Å². The van der Waals surface area contributed by atoms with E-state index in [0.29, 0.717) is 22.6 Å². The van der Waals surface area contributed by atoms with Crippen molar-refractivity contribution in [1.29, 1.82) is 0 Å². The fraction of sp³-hybridized carbons (Fsp3) is 0.400. The maximum atomic E-state index is 6.20. The number of anilines is 1. The van der Waals surface area contributed by atoms with Gasteiger partial charge in [-0.15, -0.1) is 0 Å². The summed E-state index contributed by atoms with van der Waals surface area (Å²) in [6.45, 7) is 4.94. The molecule has 0 bridgehead atoms. The molecule has 1 N–H and O–H groups in total. The first-order chi connectivity index (χ1) is 10.0. The van der Waals surface area contributed by atoms with Gasteiger partial charge in [-0.05, 0) is 31.0 Å². The number of benzene rings is 1. The van der Waals surface area contributed by atoms with Gasteiger partial charge in [-0.3, -0.25) is 4.68 Å². The Hall–Kier alpha value is -0.710. The van der Waals surface area contributed by atoms with Crippen LogP contribution in [0.1, 0.15) is 38.4 Å². The van der Waals surface area contributed by atoms with Crippen molar-refractivity contribution in [2.24, 2.45) is 0 Å². The molecule has 0 aliphatic heterocycles. The minimum atomic E-state index is 0.457. The van der Waals surface area contributed by atoms with E-state index >= 15 is 0 Å². The van der Waals surface area contributed by atoms with Gasteiger partial charge in [-0.25, -0.2) is 0 Å². The van der Waals surface area contributed by atoms with Crippen LogP contribution in [0.15, 0.2) is 28.9 Å². The normalized spacial score (nSPS) is 11.1. The Morgan fingerprint density at radius 1 is 1.24 bits per heavy atom. The molecule has 3 nitrogen and oxygen atoms in total. The van der Waals surface area contributed by atoms with Crippen LogP contribution in [0, 0.1) is 0 Å². The zero-order valence-electron chi connectivity index (χ0n) is 12.0. The minimum Gasteiger partial charge on any atom is -0.377 e. The highest BCUT2D eigenvalue weighted by atomic mass is 79.9. The van der Waals surface area contributed by atoms with Crippen molar-refractivity contribution in [3.05, 3.63) is 44.6 Å². The molecule has 0 fully saturated rings. The second-order valence-corrected chi connectivity index (χ2v) is 6.59. The van der Waals surface area contributed by atoms with E-state index in [1.54, 1.807) is 0 Å². The van der Waals surface area contributed by atoms with E-state index in [-0.39, 0.29) is 0 Å². The summed E-state index contributed by atoms with van der Waals surface area (Å²) in [6.07, 6.45) is 4.18. The van der Waals surface area contributed by atoms with Crippen LogP contribution in [0.2, 0.25) is 10.0 Å². The molecule has 0 radical (unpaired) electrons. The van der Waals surface area contributed by atoms with E-state index in [2.05, 4.69) is 40.2 Å². The summed E-state index contributed by atoms with van der Waals surface area (Å²) < 4.78 is 2.89. The molecule has 0 aliphatic rings. The third-order valence-corrected chi connectivity index (χ3v) is 4.49. The topological polar surface area (TPSA) is 29.9 Å². The molecule has 1 aromatic heterocycles. The summed E-state index contributed by atoms with van der Waals surface area (Å²) >= 11 is 15.8. The molecule has 21 heavy (non-hydrogen) atoms. The molecule has 2 rings (SSSR count). The van der Waals surface area contributed by atoms with Crippen molar-refractivity contribution in [2.45, 2.75) is 39.3 Å². The van der Waals surface area contributed by atoms with Crippen LogP contribution in [0.4, 0.5) is 5.69 Å². The Balaban J connectivity index is 2.07. The molecule has 0 unspecified atom stereocenters. The molecule has 1 aromatic carbocycles. The number of halogens is 3. The Morgan fingerprint density at radius 3 is 2.43 bits per heavy atom. The monoisotopic (exact) mass is 389 g/mol. The zero-order chi connectivity index (χ0) is 15.4. The van der Waals surface area contributed by atoms with Crippen molar-refractivity contribution >= 4 is 44.8 Å². The van der Waals surface area contributed by atoms with E-state index < -0.39 is 0 Å². The molecule has 0 saturated heterocycles. The second kappa shape index (κ2) is 7.52. The fourth-order valence-electron chi connectivity index (χ4n) is 2.23. The van der Waals surface area contributed by atoms with Gasteiger partial charge in [0.05, 0.1) is 34.0 Å². The first kappa shape index (κ1) is 16.7. The van der Waals surface area contributed by atoms with Crippen LogP contribution in [0.25, 0.3) is 0 Å². The highest BCUT2D eigenvalue weighted by molar-refractivity contribution is 9.10. The SMILES string of the molecule is CCC(CC)n1ccc(CNc2c(Cl)cc(Br)cc2Cl)n1. The van der Waals surface area contributed by atoms with Crippen molar-refractivity contribution in [3.8, 4) is 0 Å². The number of rotatable bonds is 6. The average Bonchev–Trinajstić information content (AvgIpc) is 2.87. The van der Waals surface area contributed by atoms with Crippen molar-refractivity contribution in [2.75, 3.05) is 5.32 Å². The molecule has 0 saturated carbocycles. The van der Waals surface area contributed by atoms with Gasteiger partial charge in [0.2, 0.25) is 0 Å². The third kappa shape index (κ3) is 4.15. The highest BCUT2D eigenvalue weighted by Gasteiger charge is 2.10. The molecule has 114 valence electrons. The smallest absolute Gasteiger partial charge is 0.0815 e. The summed E-state index contributed by atoms with van der Waals surface area (Å²) in [7, 11) is 0. The van der Waals surface area contributed by atoms with Crippen LogP contribution in [-0.4, -0.2) is 9.78 Å². The van der Waals surface area contributed by atoms with E-state index in [0.717, 1.165) is 28.7 Å². The Morgan fingerprint density at radius 2 is 1.86 bits per heavy atom. The lowest BCUT2D eigenvalue weighted by Gasteiger charge is -2.13. The molecule has 0 amide bonds. The van der Waals surface area contributed by atoms with Gasteiger partial charge < -0.3 is 5.32 Å². The Labute approximate surface area is 143 Å². The van der Waals surface area contributed by atoms with E-state index in [9.17, 15) is 0 Å². The highest BCUT2D eigenvalue weighted by Crippen LogP contribution is 2.34. The lowest BCUT2D eigenvalue weighted by Crippen LogP contribution is -2.09. The van der Waals surface area contributed by atoms with Gasteiger partial charge in [0.1, 0.15) is 0 Å². The molecule has 0 spiro atoms. The molecule has 0 atom stereocenters. The van der Waals surface area contributed by atoms with Gasteiger partial charge in [0.25, 0.3) is 0 Å². The fourth-order valence-corrected chi connectivity index (χ4v) is 3.57. The summed E-state index contributed by atoms with van der Waals surface area (Å²) in [5.41, 5.74) is 1.70. The summed E-state index contributed by atoms with van der Waals surface area (Å²) in [6, 6.07) is 6.11. The largest absolute Gasteiger partial charge is 0.377 e. The predicted octanol–water partition coefficient (Wildman–Crippen LogP) is 5.93. The molecule has 1 heterocycles. The Bertz CT molecular complexity index is 586. The number of hydrogen-bond donors (Lipinski definition) is 1. The minimum absolute atomic E-state index is 0.457. The van der Waals surface area contributed by atoms with Crippen LogP contribution < -0.4 is 5.32 Å². The maximum absolute atomic E-state index is 6.20. The second-order valence-electron chi connectivity index (χ2n) is 4.86.